The van der Waals surface area contributed by atoms with Gasteiger partial charge < -0.3 is 14.8 Å². The van der Waals surface area contributed by atoms with E-state index in [0.717, 1.165) is 22.7 Å². The molecule has 0 spiro atoms. The number of aromatic nitrogens is 1. The van der Waals surface area contributed by atoms with Gasteiger partial charge in [-0.25, -0.2) is 0 Å². The summed E-state index contributed by atoms with van der Waals surface area (Å²) in [7, 11) is 2.00. The van der Waals surface area contributed by atoms with E-state index in [9.17, 15) is 10.1 Å². The normalized spacial score (nSPS) is 11.8. The van der Waals surface area contributed by atoms with E-state index in [1.165, 1.54) is 10.4 Å². The summed E-state index contributed by atoms with van der Waals surface area (Å²) in [6, 6.07) is 16.5. The molecule has 2 N–H and O–H groups in total. The van der Waals surface area contributed by atoms with Crippen molar-refractivity contribution in [3.63, 3.8) is 0 Å². The maximum Gasteiger partial charge on any atom is 0.280 e. The number of amides is 1. The number of benzene rings is 1. The number of likely N-dealkylation sites (N-methyl/N-ethyl adjacent to an activating group) is 1. The number of hydrogen-bond donors (Lipinski definition) is 2. The second kappa shape index (κ2) is 8.87. The molecule has 0 bridgehead atoms. The van der Waals surface area contributed by atoms with Crippen LogP contribution in [0.3, 0.4) is 0 Å². The molecule has 0 aliphatic heterocycles. The summed E-state index contributed by atoms with van der Waals surface area (Å²) in [4.78, 5) is 15.0. The first-order valence-electron chi connectivity index (χ1n) is 9.26. The lowest BCUT2D eigenvalue weighted by Gasteiger charge is -2.16. The van der Waals surface area contributed by atoms with Crippen molar-refractivity contribution in [2.45, 2.75) is 26.9 Å². The fourth-order valence-corrected chi connectivity index (χ4v) is 4.04. The lowest BCUT2D eigenvalue weighted by molar-refractivity contribution is -0.885. The van der Waals surface area contributed by atoms with Crippen LogP contribution in [0.25, 0.3) is 0 Å². The van der Waals surface area contributed by atoms with Gasteiger partial charge in [0.15, 0.2) is 6.54 Å². The second-order valence-corrected chi connectivity index (χ2v) is 8.09. The Morgan fingerprint density at radius 3 is 2.61 bits per heavy atom. The largest absolute Gasteiger partial charge is 0.326 e. The van der Waals surface area contributed by atoms with Crippen LogP contribution in [-0.4, -0.2) is 24.1 Å². The SMILES string of the molecule is Cc1c(C#N)c(NC(=O)C[NH+](C)Cc2ccccc2)n(Cc2cccs2)c1C. The molecule has 6 heteroatoms. The highest BCUT2D eigenvalue weighted by Gasteiger charge is 2.21. The third kappa shape index (κ3) is 4.50. The van der Waals surface area contributed by atoms with Gasteiger partial charge in [-0.1, -0.05) is 36.4 Å². The first-order chi connectivity index (χ1) is 13.5. The van der Waals surface area contributed by atoms with Crippen LogP contribution in [0.4, 0.5) is 5.82 Å². The van der Waals surface area contributed by atoms with Crippen molar-refractivity contribution < 1.29 is 9.69 Å². The van der Waals surface area contributed by atoms with Crippen molar-refractivity contribution in [1.29, 1.82) is 5.26 Å². The molecule has 3 rings (SSSR count). The van der Waals surface area contributed by atoms with Crippen molar-refractivity contribution in [2.24, 2.45) is 0 Å². The molecule has 3 aromatic rings. The van der Waals surface area contributed by atoms with Crippen molar-refractivity contribution in [3.05, 3.63) is 75.1 Å². The number of nitrogens with one attached hydrogen (secondary N) is 2. The van der Waals surface area contributed by atoms with E-state index in [0.29, 0.717) is 24.5 Å². The fraction of sp³-hybridized carbons (Fsp3) is 0.273. The summed E-state index contributed by atoms with van der Waals surface area (Å²) >= 11 is 1.67. The van der Waals surface area contributed by atoms with E-state index in [2.05, 4.69) is 29.6 Å². The minimum Gasteiger partial charge on any atom is -0.326 e. The quantitative estimate of drug-likeness (QED) is 0.648. The molecule has 0 fully saturated rings. The summed E-state index contributed by atoms with van der Waals surface area (Å²) in [5.74, 6) is 0.512. The molecule has 0 saturated carbocycles. The average Bonchev–Trinajstić information content (AvgIpc) is 3.25. The first-order valence-corrected chi connectivity index (χ1v) is 10.1. The van der Waals surface area contributed by atoms with Crippen LogP contribution in [0.5, 0.6) is 0 Å². The average molecular weight is 394 g/mol. The summed E-state index contributed by atoms with van der Waals surface area (Å²) < 4.78 is 2.03. The molecule has 144 valence electrons. The van der Waals surface area contributed by atoms with E-state index >= 15 is 0 Å². The van der Waals surface area contributed by atoms with E-state index in [4.69, 9.17) is 0 Å². The Labute approximate surface area is 169 Å². The predicted molar refractivity (Wildman–Crippen MR) is 113 cm³/mol. The standard InChI is InChI=1S/C22H24N4OS/c1-16-17(2)26(14-19-10-7-11-28-19)22(20(16)12-23)24-21(27)15-25(3)13-18-8-5-4-6-9-18/h4-11H,13-15H2,1-3H3,(H,24,27)/p+1. The Morgan fingerprint density at radius 2 is 1.96 bits per heavy atom. The molecule has 2 heterocycles. The molecule has 0 saturated heterocycles. The maximum absolute atomic E-state index is 12.7. The summed E-state index contributed by atoms with van der Waals surface area (Å²) in [5.41, 5.74) is 3.66. The molecular weight excluding hydrogens is 368 g/mol. The number of rotatable bonds is 7. The van der Waals surface area contributed by atoms with Gasteiger partial charge >= 0.3 is 0 Å². The van der Waals surface area contributed by atoms with Crippen LogP contribution in [0.1, 0.15) is 27.3 Å². The van der Waals surface area contributed by atoms with E-state index in [1.54, 1.807) is 11.3 Å². The van der Waals surface area contributed by atoms with E-state index < -0.39 is 0 Å². The topological polar surface area (TPSA) is 62.3 Å². The van der Waals surface area contributed by atoms with E-state index in [-0.39, 0.29) is 5.91 Å². The number of hydrogen-bond acceptors (Lipinski definition) is 3. The molecule has 28 heavy (non-hydrogen) atoms. The zero-order valence-electron chi connectivity index (χ0n) is 16.5. The molecule has 0 radical (unpaired) electrons. The van der Waals surface area contributed by atoms with Gasteiger partial charge in [0.05, 0.1) is 19.2 Å². The van der Waals surface area contributed by atoms with Crippen molar-refractivity contribution in [2.75, 3.05) is 18.9 Å². The highest BCUT2D eigenvalue weighted by Crippen LogP contribution is 2.28. The number of nitrogens with zero attached hydrogens (tertiary/aromatic N) is 2. The van der Waals surface area contributed by atoms with Gasteiger partial charge in [0, 0.05) is 16.1 Å². The van der Waals surface area contributed by atoms with Gasteiger partial charge in [-0.3, -0.25) is 4.79 Å². The van der Waals surface area contributed by atoms with Crippen molar-refractivity contribution in [3.8, 4) is 6.07 Å². The highest BCUT2D eigenvalue weighted by atomic mass is 32.1. The van der Waals surface area contributed by atoms with Crippen LogP contribution >= 0.6 is 11.3 Å². The third-order valence-corrected chi connectivity index (χ3v) is 5.77. The van der Waals surface area contributed by atoms with Gasteiger partial charge in [-0.15, -0.1) is 11.3 Å². The molecule has 1 atom stereocenters. The molecule has 2 aromatic heterocycles. The lowest BCUT2D eigenvalue weighted by Crippen LogP contribution is -3.08. The molecule has 1 unspecified atom stereocenters. The molecular formula is C22H25N4OS+. The van der Waals surface area contributed by atoms with Gasteiger partial charge in [-0.05, 0) is 30.9 Å². The number of carbonyl (C=O) groups is 1. The number of quaternary nitrogens is 1. The summed E-state index contributed by atoms with van der Waals surface area (Å²) in [6.07, 6.45) is 0. The minimum absolute atomic E-state index is 0.0881. The molecule has 0 aliphatic rings. The van der Waals surface area contributed by atoms with Gasteiger partial charge in [0.1, 0.15) is 18.4 Å². The smallest absolute Gasteiger partial charge is 0.280 e. The predicted octanol–water partition coefficient (Wildman–Crippen LogP) is 2.74. The van der Waals surface area contributed by atoms with Crippen molar-refractivity contribution >= 4 is 23.1 Å². The summed E-state index contributed by atoms with van der Waals surface area (Å²) in [6.45, 7) is 5.68. The number of thiophene rings is 1. The van der Waals surface area contributed by atoms with Crippen LogP contribution in [0, 0.1) is 25.2 Å². The van der Waals surface area contributed by atoms with Crippen LogP contribution in [-0.2, 0) is 17.9 Å². The number of anilines is 1. The fourth-order valence-electron chi connectivity index (χ4n) is 3.34. The summed E-state index contributed by atoms with van der Waals surface area (Å²) in [5, 5.41) is 14.7. The maximum atomic E-state index is 12.7. The Hall–Kier alpha value is -2.88. The molecule has 5 nitrogen and oxygen atoms in total. The van der Waals surface area contributed by atoms with Gasteiger partial charge in [0.2, 0.25) is 0 Å². The Bertz CT molecular complexity index is 984. The molecule has 0 aliphatic carbocycles. The lowest BCUT2D eigenvalue weighted by atomic mass is 10.2. The van der Waals surface area contributed by atoms with Crippen molar-refractivity contribution in [1.82, 2.24) is 4.57 Å². The minimum atomic E-state index is -0.0881. The Kier molecular flexibility index (Phi) is 6.30. The van der Waals surface area contributed by atoms with Crippen LogP contribution in [0.2, 0.25) is 0 Å². The monoisotopic (exact) mass is 393 g/mol. The Balaban J connectivity index is 1.76. The molecule has 1 aromatic carbocycles. The highest BCUT2D eigenvalue weighted by molar-refractivity contribution is 7.09. The van der Waals surface area contributed by atoms with E-state index in [1.807, 2.05) is 55.1 Å². The van der Waals surface area contributed by atoms with Gasteiger partial charge in [0.25, 0.3) is 5.91 Å². The Morgan fingerprint density at radius 1 is 1.21 bits per heavy atom. The molecule has 1 amide bonds. The zero-order chi connectivity index (χ0) is 20.1. The first kappa shape index (κ1) is 19.9. The third-order valence-electron chi connectivity index (χ3n) is 4.90. The number of carbonyl (C=O) groups excluding carboxylic acids is 1. The zero-order valence-corrected chi connectivity index (χ0v) is 17.3. The second-order valence-electron chi connectivity index (χ2n) is 7.06. The number of nitriles is 1. The van der Waals surface area contributed by atoms with Crippen LogP contribution < -0.4 is 10.2 Å². The van der Waals surface area contributed by atoms with Gasteiger partial charge in [-0.2, -0.15) is 5.26 Å². The van der Waals surface area contributed by atoms with Crippen LogP contribution in [0.15, 0.2) is 47.8 Å².